The molecule has 1 fully saturated rings. The van der Waals surface area contributed by atoms with E-state index >= 15 is 0 Å². The topological polar surface area (TPSA) is 80.1 Å². The van der Waals surface area contributed by atoms with Crippen LogP contribution in [0.2, 0.25) is 0 Å². The Morgan fingerprint density at radius 3 is 2.53 bits per heavy atom. The maximum Gasteiger partial charge on any atom is 0.227 e. The second kappa shape index (κ2) is 9.37. The van der Waals surface area contributed by atoms with Crippen LogP contribution in [0.1, 0.15) is 49.6 Å². The van der Waals surface area contributed by atoms with Crippen LogP contribution < -0.4 is 10.2 Å². The molecule has 2 atom stereocenters. The van der Waals surface area contributed by atoms with E-state index in [2.05, 4.69) is 43.0 Å². The first-order chi connectivity index (χ1) is 15.2. The number of hydrogen-bond donors (Lipinski definition) is 0. The highest BCUT2D eigenvalue weighted by molar-refractivity contribution is 7.88. The van der Waals surface area contributed by atoms with E-state index < -0.39 is 10.0 Å². The Kier molecular flexibility index (Phi) is 6.74. The lowest BCUT2D eigenvalue weighted by Gasteiger charge is -2.38. The summed E-state index contributed by atoms with van der Waals surface area (Å²) >= 11 is 0. The summed E-state index contributed by atoms with van der Waals surface area (Å²) in [5, 5.41) is 0. The largest absolute Gasteiger partial charge is 0.486 e. The summed E-state index contributed by atoms with van der Waals surface area (Å²) < 4.78 is 36.4. The molecule has 1 aromatic carbocycles. The first kappa shape index (κ1) is 23.0. The predicted molar refractivity (Wildman–Crippen MR) is 123 cm³/mol. The SMILES string of the molecule is C[C@H](c1cc(=O)c(OCC2CCN(S(C)(=O)=O)CC2)co1)N1Cc2ccccc2C[C@@H]1C. The van der Waals surface area contributed by atoms with Crippen molar-refractivity contribution >= 4 is 10.0 Å². The Balaban J connectivity index is 1.37. The molecule has 0 aliphatic carbocycles. The zero-order valence-electron chi connectivity index (χ0n) is 19.0. The zero-order chi connectivity index (χ0) is 22.9. The second-order valence-corrected chi connectivity index (χ2v) is 11.1. The molecule has 2 aliphatic rings. The fourth-order valence-electron chi connectivity index (χ4n) is 4.73. The second-order valence-electron chi connectivity index (χ2n) is 9.10. The van der Waals surface area contributed by atoms with E-state index in [1.807, 2.05) is 0 Å². The summed E-state index contributed by atoms with van der Waals surface area (Å²) in [5.74, 6) is 1.07. The van der Waals surface area contributed by atoms with Gasteiger partial charge in [0, 0.05) is 31.7 Å². The Labute approximate surface area is 190 Å². The van der Waals surface area contributed by atoms with Gasteiger partial charge in [0.25, 0.3) is 0 Å². The molecule has 3 heterocycles. The molecule has 4 rings (SSSR count). The summed E-state index contributed by atoms with van der Waals surface area (Å²) in [6.07, 6.45) is 5.08. The van der Waals surface area contributed by atoms with Crippen molar-refractivity contribution in [1.29, 1.82) is 0 Å². The standard InChI is InChI=1S/C24H32N2O5S/c1-17-12-20-6-4-5-7-21(20)14-26(17)18(2)23-13-22(27)24(16-31-23)30-15-19-8-10-25(11-9-19)32(3,28)29/h4-7,13,16-19H,8-12,14-15H2,1-3H3/t17-,18+/m0/s1. The fraction of sp³-hybridized carbons (Fsp3) is 0.542. The minimum absolute atomic E-state index is 0.0274. The van der Waals surface area contributed by atoms with Gasteiger partial charge in [0.1, 0.15) is 12.0 Å². The lowest BCUT2D eigenvalue weighted by Crippen LogP contribution is -2.40. The summed E-state index contributed by atoms with van der Waals surface area (Å²) in [7, 11) is -3.14. The molecule has 1 saturated heterocycles. The highest BCUT2D eigenvalue weighted by atomic mass is 32.2. The number of sulfonamides is 1. The third-order valence-corrected chi connectivity index (χ3v) is 8.10. The van der Waals surface area contributed by atoms with E-state index in [-0.39, 0.29) is 23.1 Å². The van der Waals surface area contributed by atoms with Crippen LogP contribution in [0.25, 0.3) is 0 Å². The lowest BCUT2D eigenvalue weighted by molar-refractivity contribution is 0.114. The van der Waals surface area contributed by atoms with Gasteiger partial charge in [0.15, 0.2) is 0 Å². The van der Waals surface area contributed by atoms with Gasteiger partial charge in [-0.05, 0) is 50.2 Å². The van der Waals surface area contributed by atoms with E-state index in [0.717, 1.165) is 25.8 Å². The minimum atomic E-state index is -3.14. The van der Waals surface area contributed by atoms with Crippen molar-refractivity contribution < 1.29 is 17.6 Å². The molecule has 0 unspecified atom stereocenters. The summed E-state index contributed by atoms with van der Waals surface area (Å²) in [6, 6.07) is 10.4. The lowest BCUT2D eigenvalue weighted by atomic mass is 9.93. The van der Waals surface area contributed by atoms with E-state index in [0.29, 0.717) is 31.5 Å². The normalized spacial score (nSPS) is 21.8. The average Bonchev–Trinajstić information content (AvgIpc) is 2.77. The van der Waals surface area contributed by atoms with Crippen molar-refractivity contribution in [3.8, 4) is 5.75 Å². The number of benzene rings is 1. The van der Waals surface area contributed by atoms with Gasteiger partial charge in [-0.15, -0.1) is 0 Å². The van der Waals surface area contributed by atoms with Gasteiger partial charge in [0.2, 0.25) is 21.2 Å². The number of piperidine rings is 1. The molecule has 2 aromatic rings. The summed E-state index contributed by atoms with van der Waals surface area (Å²) in [5.41, 5.74) is 2.52. The number of nitrogens with zero attached hydrogens (tertiary/aromatic N) is 2. The van der Waals surface area contributed by atoms with Crippen LogP contribution in [0.15, 0.2) is 45.8 Å². The van der Waals surface area contributed by atoms with Crippen LogP contribution in [-0.4, -0.2) is 49.6 Å². The van der Waals surface area contributed by atoms with Crippen LogP contribution in [0.5, 0.6) is 5.75 Å². The summed E-state index contributed by atoms with van der Waals surface area (Å²) in [6.45, 7) is 6.48. The van der Waals surface area contributed by atoms with E-state index in [1.54, 1.807) is 6.07 Å². The molecular formula is C24H32N2O5S. The maximum absolute atomic E-state index is 12.7. The molecule has 174 valence electrons. The number of fused-ring (bicyclic) bond motifs is 1. The molecule has 2 aliphatic heterocycles. The minimum Gasteiger partial charge on any atom is -0.486 e. The van der Waals surface area contributed by atoms with Crippen LogP contribution >= 0.6 is 0 Å². The molecule has 0 spiro atoms. The van der Waals surface area contributed by atoms with E-state index in [4.69, 9.17) is 9.15 Å². The van der Waals surface area contributed by atoms with Crippen LogP contribution in [-0.2, 0) is 23.0 Å². The Morgan fingerprint density at radius 2 is 1.88 bits per heavy atom. The molecule has 7 nitrogen and oxygen atoms in total. The van der Waals surface area contributed by atoms with Gasteiger partial charge in [0.05, 0.1) is 18.9 Å². The average molecular weight is 461 g/mol. The third kappa shape index (κ3) is 5.08. The molecule has 0 radical (unpaired) electrons. The van der Waals surface area contributed by atoms with Crippen molar-refractivity contribution in [2.45, 2.75) is 51.7 Å². The molecule has 0 N–H and O–H groups in total. The molecular weight excluding hydrogens is 428 g/mol. The molecule has 8 heteroatoms. The van der Waals surface area contributed by atoms with Crippen molar-refractivity contribution in [1.82, 2.24) is 9.21 Å². The molecule has 1 aromatic heterocycles. The van der Waals surface area contributed by atoms with Crippen molar-refractivity contribution in [3.63, 3.8) is 0 Å². The summed E-state index contributed by atoms with van der Waals surface area (Å²) in [4.78, 5) is 15.0. The third-order valence-electron chi connectivity index (χ3n) is 6.80. The predicted octanol–water partition coefficient (Wildman–Crippen LogP) is 3.20. The molecule has 0 bridgehead atoms. The Hall–Kier alpha value is -2.16. The van der Waals surface area contributed by atoms with Crippen LogP contribution in [0.4, 0.5) is 0 Å². The van der Waals surface area contributed by atoms with Crippen molar-refractivity contribution in [2.24, 2.45) is 5.92 Å². The first-order valence-corrected chi connectivity index (χ1v) is 13.1. The zero-order valence-corrected chi connectivity index (χ0v) is 19.8. The van der Waals surface area contributed by atoms with Gasteiger partial charge < -0.3 is 9.15 Å². The van der Waals surface area contributed by atoms with Gasteiger partial charge in [-0.1, -0.05) is 24.3 Å². The fourth-order valence-corrected chi connectivity index (χ4v) is 5.61. The Morgan fingerprint density at radius 1 is 1.19 bits per heavy atom. The van der Waals surface area contributed by atoms with Crippen molar-refractivity contribution in [2.75, 3.05) is 26.0 Å². The highest BCUT2D eigenvalue weighted by Crippen LogP contribution is 2.31. The van der Waals surface area contributed by atoms with E-state index in [1.165, 1.54) is 28.0 Å². The Bertz CT molecular complexity index is 1110. The van der Waals surface area contributed by atoms with Crippen molar-refractivity contribution in [3.05, 3.63) is 63.7 Å². The van der Waals surface area contributed by atoms with Gasteiger partial charge >= 0.3 is 0 Å². The number of rotatable bonds is 6. The highest BCUT2D eigenvalue weighted by Gasteiger charge is 2.29. The molecule has 0 saturated carbocycles. The van der Waals surface area contributed by atoms with Gasteiger partial charge in [-0.3, -0.25) is 9.69 Å². The number of hydrogen-bond acceptors (Lipinski definition) is 6. The van der Waals surface area contributed by atoms with E-state index in [9.17, 15) is 13.2 Å². The monoisotopic (exact) mass is 460 g/mol. The van der Waals surface area contributed by atoms with Gasteiger partial charge in [-0.25, -0.2) is 12.7 Å². The van der Waals surface area contributed by atoms with Crippen LogP contribution in [0, 0.1) is 5.92 Å². The molecule has 0 amide bonds. The number of ether oxygens (including phenoxy) is 1. The maximum atomic E-state index is 12.7. The molecule has 32 heavy (non-hydrogen) atoms. The van der Waals surface area contributed by atoms with Gasteiger partial charge in [-0.2, -0.15) is 0 Å². The van der Waals surface area contributed by atoms with Crippen LogP contribution in [0.3, 0.4) is 0 Å². The first-order valence-electron chi connectivity index (χ1n) is 11.3. The smallest absolute Gasteiger partial charge is 0.227 e. The quantitative estimate of drug-likeness (QED) is 0.659.